The third-order valence-electron chi connectivity index (χ3n) is 1.96. The molecule has 0 aromatic heterocycles. The van der Waals surface area contributed by atoms with Crippen molar-refractivity contribution in [2.24, 2.45) is 0 Å². The van der Waals surface area contributed by atoms with Gasteiger partial charge in [0.15, 0.2) is 5.75 Å². The summed E-state index contributed by atoms with van der Waals surface area (Å²) in [4.78, 5) is 11.6. The zero-order valence-electron chi connectivity index (χ0n) is 9.71. The molecule has 102 valence electrons. The number of esters is 1. The van der Waals surface area contributed by atoms with Crippen LogP contribution in [0.3, 0.4) is 0 Å². The third kappa shape index (κ3) is 3.82. The van der Waals surface area contributed by atoms with Crippen LogP contribution in [0, 0.1) is 11.3 Å². The normalized spacial score (nSPS) is 10.6. The molecule has 0 bridgehead atoms. The first-order valence-corrected chi connectivity index (χ1v) is 6.24. The van der Waals surface area contributed by atoms with Gasteiger partial charge in [0, 0.05) is 6.07 Å². The number of halogens is 1. The van der Waals surface area contributed by atoms with E-state index in [1.165, 1.54) is 6.92 Å². The van der Waals surface area contributed by atoms with Gasteiger partial charge in [-0.2, -0.15) is 13.7 Å². The Balaban J connectivity index is 3.39. The van der Waals surface area contributed by atoms with Crippen molar-refractivity contribution in [2.75, 3.05) is 12.3 Å². The average molecular weight is 288 g/mol. The molecule has 1 rings (SSSR count). The Kier molecular flexibility index (Phi) is 4.29. The van der Waals surface area contributed by atoms with E-state index in [0.29, 0.717) is 0 Å². The highest BCUT2D eigenvalue weighted by Crippen LogP contribution is 2.27. The van der Waals surface area contributed by atoms with Crippen LogP contribution in [0.25, 0.3) is 0 Å². The lowest BCUT2D eigenvalue weighted by atomic mass is 10.1. The number of benzene rings is 1. The van der Waals surface area contributed by atoms with E-state index in [9.17, 15) is 17.1 Å². The number of hydrogen-bond donors (Lipinski definition) is 1. The molecule has 0 aliphatic heterocycles. The third-order valence-corrected chi connectivity index (χ3v) is 2.34. The summed E-state index contributed by atoms with van der Waals surface area (Å²) in [6.07, 6.45) is 0. The molecule has 0 atom stereocenters. The van der Waals surface area contributed by atoms with Gasteiger partial charge in [0.25, 0.3) is 0 Å². The summed E-state index contributed by atoms with van der Waals surface area (Å²) in [6.45, 7) is 1.53. The molecule has 0 aliphatic rings. The van der Waals surface area contributed by atoms with Crippen LogP contribution >= 0.6 is 0 Å². The Bertz CT molecular complexity index is 651. The number of nitrogens with zero attached hydrogens (tertiary/aromatic N) is 1. The number of ether oxygens (including phenoxy) is 1. The zero-order valence-corrected chi connectivity index (χ0v) is 10.5. The molecule has 0 saturated heterocycles. The fourth-order valence-corrected chi connectivity index (χ4v) is 1.59. The summed E-state index contributed by atoms with van der Waals surface area (Å²) in [5, 5.41) is 8.76. The molecule has 9 heteroatoms. The van der Waals surface area contributed by atoms with Gasteiger partial charge in [-0.25, -0.2) is 4.79 Å². The van der Waals surface area contributed by atoms with Crippen LogP contribution in [0.1, 0.15) is 22.8 Å². The van der Waals surface area contributed by atoms with E-state index in [1.54, 1.807) is 6.07 Å². The van der Waals surface area contributed by atoms with Gasteiger partial charge in [-0.1, -0.05) is 3.89 Å². The summed E-state index contributed by atoms with van der Waals surface area (Å²) >= 11 is 0. The summed E-state index contributed by atoms with van der Waals surface area (Å²) in [5.74, 6) is -1.60. The second-order valence-electron chi connectivity index (χ2n) is 3.24. The number of rotatable bonds is 4. The summed E-state index contributed by atoms with van der Waals surface area (Å²) in [6, 6.07) is 3.52. The van der Waals surface area contributed by atoms with Crippen LogP contribution in [-0.4, -0.2) is 21.0 Å². The van der Waals surface area contributed by atoms with E-state index >= 15 is 0 Å². The van der Waals surface area contributed by atoms with Crippen LogP contribution in [0.15, 0.2) is 12.1 Å². The standard InChI is InChI=1S/C10H9FN2O5S/c1-2-17-10(14)7-3-6(5-12)8(13)4-9(7)18-19(11,15)16/h3-4H,2,13H2,1H3. The molecule has 0 heterocycles. The predicted octanol–water partition coefficient (Wildman–Crippen LogP) is 0.910. The van der Waals surface area contributed by atoms with Crippen molar-refractivity contribution in [1.29, 1.82) is 5.26 Å². The second-order valence-corrected chi connectivity index (χ2v) is 4.20. The largest absolute Gasteiger partial charge is 0.488 e. The van der Waals surface area contributed by atoms with E-state index < -0.39 is 27.8 Å². The Morgan fingerprint density at radius 2 is 2.16 bits per heavy atom. The smallest absolute Gasteiger partial charge is 0.462 e. The van der Waals surface area contributed by atoms with Gasteiger partial charge in [-0.3, -0.25) is 0 Å². The number of nitrogens with two attached hydrogens (primary N) is 1. The fourth-order valence-electron chi connectivity index (χ4n) is 1.24. The van der Waals surface area contributed by atoms with E-state index in [-0.39, 0.29) is 17.9 Å². The Labute approximate surface area is 108 Å². The van der Waals surface area contributed by atoms with Crippen LogP contribution in [0.5, 0.6) is 5.75 Å². The highest BCUT2D eigenvalue weighted by Gasteiger charge is 2.21. The molecule has 0 amide bonds. The molecular weight excluding hydrogens is 279 g/mol. The Morgan fingerprint density at radius 3 is 2.63 bits per heavy atom. The van der Waals surface area contributed by atoms with E-state index in [4.69, 9.17) is 11.0 Å². The molecule has 0 radical (unpaired) electrons. The van der Waals surface area contributed by atoms with Crippen molar-refractivity contribution in [1.82, 2.24) is 0 Å². The van der Waals surface area contributed by atoms with Crippen molar-refractivity contribution >= 4 is 22.2 Å². The Morgan fingerprint density at radius 1 is 1.53 bits per heavy atom. The minimum absolute atomic E-state index is 0.00686. The van der Waals surface area contributed by atoms with E-state index in [0.717, 1.165) is 12.1 Å². The first-order valence-electron chi connectivity index (χ1n) is 4.93. The van der Waals surface area contributed by atoms with Gasteiger partial charge < -0.3 is 14.7 Å². The van der Waals surface area contributed by atoms with Crippen molar-refractivity contribution in [3.8, 4) is 11.8 Å². The van der Waals surface area contributed by atoms with Crippen LogP contribution in [0.4, 0.5) is 9.57 Å². The number of hydrogen-bond acceptors (Lipinski definition) is 7. The van der Waals surface area contributed by atoms with Crippen LogP contribution in [0.2, 0.25) is 0 Å². The highest BCUT2D eigenvalue weighted by molar-refractivity contribution is 7.81. The maximum atomic E-state index is 12.5. The van der Waals surface area contributed by atoms with E-state index in [1.807, 2.05) is 0 Å². The molecule has 0 saturated carbocycles. The van der Waals surface area contributed by atoms with Crippen LogP contribution < -0.4 is 9.92 Å². The van der Waals surface area contributed by atoms with Gasteiger partial charge in [0.05, 0.1) is 17.9 Å². The van der Waals surface area contributed by atoms with Gasteiger partial charge >= 0.3 is 16.5 Å². The van der Waals surface area contributed by atoms with Gasteiger partial charge in [-0.15, -0.1) is 0 Å². The summed E-state index contributed by atoms with van der Waals surface area (Å²) < 4.78 is 42.0. The molecule has 1 aromatic carbocycles. The molecule has 0 spiro atoms. The first-order chi connectivity index (χ1) is 8.78. The molecule has 0 unspecified atom stereocenters. The molecule has 2 N–H and O–H groups in total. The molecule has 0 fully saturated rings. The predicted molar refractivity (Wildman–Crippen MR) is 62.2 cm³/mol. The van der Waals surface area contributed by atoms with Gasteiger partial charge in [-0.05, 0) is 13.0 Å². The Hall–Kier alpha value is -2.34. The lowest BCUT2D eigenvalue weighted by molar-refractivity contribution is 0.0524. The summed E-state index contributed by atoms with van der Waals surface area (Å²) in [5.41, 5.74) is 4.76. The van der Waals surface area contributed by atoms with E-state index in [2.05, 4.69) is 8.92 Å². The van der Waals surface area contributed by atoms with Gasteiger partial charge in [0.1, 0.15) is 11.6 Å². The van der Waals surface area contributed by atoms with Crippen molar-refractivity contribution in [3.63, 3.8) is 0 Å². The molecule has 0 aliphatic carbocycles. The van der Waals surface area contributed by atoms with Crippen molar-refractivity contribution < 1.29 is 26.0 Å². The molecular formula is C10H9FN2O5S. The van der Waals surface area contributed by atoms with Crippen LogP contribution in [-0.2, 0) is 15.2 Å². The average Bonchev–Trinajstić information content (AvgIpc) is 2.27. The molecule has 19 heavy (non-hydrogen) atoms. The van der Waals surface area contributed by atoms with Gasteiger partial charge in [0.2, 0.25) is 0 Å². The second kappa shape index (κ2) is 5.53. The monoisotopic (exact) mass is 288 g/mol. The maximum Gasteiger partial charge on any atom is 0.488 e. The van der Waals surface area contributed by atoms with Crippen molar-refractivity contribution in [2.45, 2.75) is 6.92 Å². The highest BCUT2D eigenvalue weighted by atomic mass is 32.3. The maximum absolute atomic E-state index is 12.5. The first kappa shape index (κ1) is 14.7. The lowest BCUT2D eigenvalue weighted by Crippen LogP contribution is -2.11. The lowest BCUT2D eigenvalue weighted by Gasteiger charge is -2.09. The SMILES string of the molecule is CCOC(=O)c1cc(C#N)c(N)cc1OS(=O)(=O)F. The zero-order chi connectivity index (χ0) is 14.6. The quantitative estimate of drug-likeness (QED) is 0.496. The molecule has 1 aromatic rings. The number of anilines is 1. The van der Waals surface area contributed by atoms with Crippen molar-refractivity contribution in [3.05, 3.63) is 23.3 Å². The topological polar surface area (TPSA) is 119 Å². The summed E-state index contributed by atoms with van der Waals surface area (Å²) in [7, 11) is -5.33. The number of carbonyl (C=O) groups excluding carboxylic acids is 1. The minimum Gasteiger partial charge on any atom is -0.462 e. The number of nitriles is 1. The molecule has 7 nitrogen and oxygen atoms in total. The number of nitrogen functional groups attached to an aromatic ring is 1. The minimum atomic E-state index is -5.33. The fraction of sp³-hybridized carbons (Fsp3) is 0.200. The number of carbonyl (C=O) groups is 1.